The first-order chi connectivity index (χ1) is 14.8. The smallest absolute Gasteiger partial charge is 0.350 e. The molecule has 0 amide bonds. The molecule has 0 aliphatic carbocycles. The van der Waals surface area contributed by atoms with Gasteiger partial charge in [0.15, 0.2) is 6.29 Å². The third-order valence-electron chi connectivity index (χ3n) is 5.74. The van der Waals surface area contributed by atoms with E-state index in [1.165, 1.54) is 14.2 Å². The van der Waals surface area contributed by atoms with Gasteiger partial charge in [0.2, 0.25) is 0 Å². The summed E-state index contributed by atoms with van der Waals surface area (Å²) < 4.78 is 21.7. The Morgan fingerprint density at radius 3 is 1.84 bits per heavy atom. The quantitative estimate of drug-likeness (QED) is 0.514. The topological polar surface area (TPSA) is 91.3 Å². The van der Waals surface area contributed by atoms with Crippen molar-refractivity contribution < 1.29 is 33.6 Å². The molecule has 32 heavy (non-hydrogen) atoms. The second-order valence-corrected chi connectivity index (χ2v) is 10.4. The molecule has 1 saturated heterocycles. The van der Waals surface area contributed by atoms with Gasteiger partial charge in [-0.15, -0.1) is 0 Å². The number of aromatic hydroxyl groups is 1. The third kappa shape index (κ3) is 5.62. The summed E-state index contributed by atoms with van der Waals surface area (Å²) in [6.07, 6.45) is 1.49. The van der Waals surface area contributed by atoms with Crippen molar-refractivity contribution in [2.24, 2.45) is 0 Å². The zero-order chi connectivity index (χ0) is 24.3. The molecule has 2 rings (SSSR count). The summed E-state index contributed by atoms with van der Waals surface area (Å²) in [5.74, 6) is -1.48. The van der Waals surface area contributed by atoms with Crippen LogP contribution < -0.4 is 0 Å². The van der Waals surface area contributed by atoms with Gasteiger partial charge in [-0.3, -0.25) is 0 Å². The fourth-order valence-electron chi connectivity index (χ4n) is 3.95. The van der Waals surface area contributed by atoms with Crippen LogP contribution in [0.1, 0.15) is 77.5 Å². The largest absolute Gasteiger partial charge is 0.507 e. The monoisotopic (exact) mass is 450 g/mol. The van der Waals surface area contributed by atoms with Gasteiger partial charge in [-0.05, 0) is 46.8 Å². The first-order valence-corrected chi connectivity index (χ1v) is 11.1. The molecule has 0 aromatic heterocycles. The minimum Gasteiger partial charge on any atom is -0.507 e. The molecule has 1 aliphatic heterocycles. The predicted molar refractivity (Wildman–Crippen MR) is 121 cm³/mol. The Kier molecular flexibility index (Phi) is 8.00. The lowest BCUT2D eigenvalue weighted by atomic mass is 9.77. The molecule has 1 N–H and O–H groups in total. The number of carbonyl (C=O) groups is 2. The molecule has 1 fully saturated rings. The molecule has 0 radical (unpaired) electrons. The number of rotatable bonds is 6. The van der Waals surface area contributed by atoms with E-state index in [0.29, 0.717) is 18.6 Å². The van der Waals surface area contributed by atoms with Gasteiger partial charge in [0.1, 0.15) is 5.75 Å². The van der Waals surface area contributed by atoms with Gasteiger partial charge in [0.05, 0.1) is 14.2 Å². The van der Waals surface area contributed by atoms with E-state index in [4.69, 9.17) is 18.9 Å². The summed E-state index contributed by atoms with van der Waals surface area (Å²) >= 11 is 0. The van der Waals surface area contributed by atoms with E-state index in [1.807, 2.05) is 53.7 Å². The molecule has 0 saturated carbocycles. The van der Waals surface area contributed by atoms with E-state index in [0.717, 1.165) is 24.0 Å². The minimum absolute atomic E-state index is 0.112. The lowest BCUT2D eigenvalue weighted by Gasteiger charge is -2.35. The van der Waals surface area contributed by atoms with Crippen LogP contribution in [0.3, 0.4) is 0 Å². The number of benzene rings is 1. The highest BCUT2D eigenvalue weighted by atomic mass is 16.7. The second kappa shape index (κ2) is 9.79. The van der Waals surface area contributed by atoms with Gasteiger partial charge < -0.3 is 24.1 Å². The minimum atomic E-state index is -2.02. The van der Waals surface area contributed by atoms with Crippen LogP contribution in [0.4, 0.5) is 0 Å². The van der Waals surface area contributed by atoms with Crippen LogP contribution in [0.25, 0.3) is 0 Å². The zero-order valence-corrected chi connectivity index (χ0v) is 20.7. The lowest BCUT2D eigenvalue weighted by Crippen LogP contribution is -2.55. The Balaban J connectivity index is 2.65. The number of carbonyl (C=O) groups excluding carboxylic acids is 2. The Morgan fingerprint density at radius 1 is 0.969 bits per heavy atom. The highest BCUT2D eigenvalue weighted by Crippen LogP contribution is 2.41. The summed E-state index contributed by atoms with van der Waals surface area (Å²) in [5, 5.41) is 11.0. The van der Waals surface area contributed by atoms with Gasteiger partial charge in [-0.1, -0.05) is 53.7 Å². The number of phenols is 1. The molecule has 1 aromatic carbocycles. The second-order valence-electron chi connectivity index (χ2n) is 10.4. The molecule has 1 aromatic rings. The van der Waals surface area contributed by atoms with Crippen LogP contribution >= 0.6 is 0 Å². The summed E-state index contributed by atoms with van der Waals surface area (Å²) in [4.78, 5) is 26.0. The van der Waals surface area contributed by atoms with E-state index in [9.17, 15) is 14.7 Å². The van der Waals surface area contributed by atoms with Crippen molar-refractivity contribution in [2.45, 2.75) is 89.9 Å². The number of phenolic OH excluding ortho intramolecular Hbond substituents is 1. The van der Waals surface area contributed by atoms with E-state index in [-0.39, 0.29) is 23.0 Å². The number of hydrogen-bond acceptors (Lipinski definition) is 7. The van der Waals surface area contributed by atoms with Gasteiger partial charge in [-0.2, -0.15) is 0 Å². The molecule has 1 aliphatic rings. The highest BCUT2D eigenvalue weighted by Gasteiger charge is 2.52. The average Bonchev–Trinajstić information content (AvgIpc) is 2.72. The summed E-state index contributed by atoms with van der Waals surface area (Å²) in [7, 11) is 2.42. The standard InChI is InChI=1S/C25H38O7/c1-23(2,3)17-13-16(14-18(20(17)26)24(4,5)6)15-25(21(27)29-7,22(28)30-8)32-19-11-9-10-12-31-19/h13-14,19,26H,9-12,15H2,1-8H3. The number of methoxy groups -OCH3 is 2. The molecule has 1 atom stereocenters. The fraction of sp³-hybridized carbons (Fsp3) is 0.680. The molecule has 1 heterocycles. The number of ether oxygens (including phenoxy) is 4. The van der Waals surface area contributed by atoms with E-state index >= 15 is 0 Å². The normalized spacial score (nSPS) is 17.7. The summed E-state index contributed by atoms with van der Waals surface area (Å²) in [6.45, 7) is 12.5. The molecule has 7 heteroatoms. The van der Waals surface area contributed by atoms with Crippen LogP contribution in [0.2, 0.25) is 0 Å². The Labute approximate surface area is 191 Å². The maximum absolute atomic E-state index is 13.0. The van der Waals surface area contributed by atoms with E-state index in [1.54, 1.807) is 0 Å². The molecular formula is C25H38O7. The predicted octanol–water partition coefficient (Wildman–Crippen LogP) is 4.16. The van der Waals surface area contributed by atoms with Gasteiger partial charge >= 0.3 is 11.9 Å². The van der Waals surface area contributed by atoms with Crippen LogP contribution in [-0.2, 0) is 45.8 Å². The zero-order valence-electron chi connectivity index (χ0n) is 20.7. The maximum Gasteiger partial charge on any atom is 0.350 e. The Morgan fingerprint density at radius 2 is 1.47 bits per heavy atom. The van der Waals surface area contributed by atoms with E-state index < -0.39 is 23.8 Å². The molecule has 0 bridgehead atoms. The van der Waals surface area contributed by atoms with Crippen molar-refractivity contribution in [3.63, 3.8) is 0 Å². The van der Waals surface area contributed by atoms with Crippen molar-refractivity contribution in [2.75, 3.05) is 20.8 Å². The van der Waals surface area contributed by atoms with Crippen molar-refractivity contribution in [1.29, 1.82) is 0 Å². The Bertz CT molecular complexity index is 773. The molecular weight excluding hydrogens is 412 g/mol. The fourth-order valence-corrected chi connectivity index (χ4v) is 3.95. The van der Waals surface area contributed by atoms with Gasteiger partial charge in [0, 0.05) is 13.0 Å². The number of esters is 2. The first kappa shape index (κ1) is 26.1. The van der Waals surface area contributed by atoms with Gasteiger partial charge in [-0.25, -0.2) is 9.59 Å². The molecule has 0 spiro atoms. The summed E-state index contributed by atoms with van der Waals surface area (Å²) in [5.41, 5.74) is -0.661. The van der Waals surface area contributed by atoms with Crippen molar-refractivity contribution in [3.8, 4) is 5.75 Å². The third-order valence-corrected chi connectivity index (χ3v) is 5.74. The van der Waals surface area contributed by atoms with Crippen LogP contribution in [0.15, 0.2) is 12.1 Å². The van der Waals surface area contributed by atoms with Crippen LogP contribution in [0.5, 0.6) is 5.75 Å². The van der Waals surface area contributed by atoms with Gasteiger partial charge in [0.25, 0.3) is 5.60 Å². The Hall–Kier alpha value is -2.12. The first-order valence-electron chi connectivity index (χ1n) is 11.1. The molecule has 180 valence electrons. The average molecular weight is 451 g/mol. The lowest BCUT2D eigenvalue weighted by molar-refractivity contribution is -0.238. The van der Waals surface area contributed by atoms with Crippen molar-refractivity contribution in [3.05, 3.63) is 28.8 Å². The number of hydrogen-bond donors (Lipinski definition) is 1. The van der Waals surface area contributed by atoms with E-state index in [2.05, 4.69) is 0 Å². The van der Waals surface area contributed by atoms with Crippen LogP contribution in [-0.4, -0.2) is 49.8 Å². The van der Waals surface area contributed by atoms with Crippen LogP contribution in [0, 0.1) is 0 Å². The highest BCUT2D eigenvalue weighted by molar-refractivity contribution is 6.04. The molecule has 1 unspecified atom stereocenters. The molecule has 7 nitrogen and oxygen atoms in total. The SMILES string of the molecule is COC(=O)C(Cc1cc(C(C)(C)C)c(O)c(C(C)(C)C)c1)(OC1CCCCO1)C(=O)OC. The maximum atomic E-state index is 13.0. The van der Waals surface area contributed by atoms with Crippen molar-refractivity contribution in [1.82, 2.24) is 0 Å². The van der Waals surface area contributed by atoms with Crippen molar-refractivity contribution >= 4 is 11.9 Å². The summed E-state index contributed by atoms with van der Waals surface area (Å²) in [6, 6.07) is 3.63.